The molecule has 0 bridgehead atoms. The molecular weight excluding hydrogens is 346 g/mol. The van der Waals surface area contributed by atoms with E-state index in [4.69, 9.17) is 20.2 Å². The van der Waals surface area contributed by atoms with E-state index in [0.29, 0.717) is 11.8 Å². The van der Waals surface area contributed by atoms with Crippen LogP contribution >= 0.6 is 23.1 Å². The van der Waals surface area contributed by atoms with E-state index in [1.54, 1.807) is 11.3 Å². The van der Waals surface area contributed by atoms with E-state index in [-0.39, 0.29) is 12.0 Å². The van der Waals surface area contributed by atoms with Crippen molar-refractivity contribution < 1.29 is 14.3 Å². The zero-order valence-corrected chi connectivity index (χ0v) is 15.9. The Balaban J connectivity index is 1.87. The number of aliphatic imine (C=N–C) groups is 1. The quantitative estimate of drug-likeness (QED) is 0.794. The van der Waals surface area contributed by atoms with Gasteiger partial charge in [-0.2, -0.15) is 0 Å². The molecule has 0 aliphatic carbocycles. The first-order chi connectivity index (χ1) is 11.2. The number of thioether (sulfide) groups is 1. The average molecular weight is 370 g/mol. The van der Waals surface area contributed by atoms with Gasteiger partial charge in [-0.15, -0.1) is 11.3 Å². The molecule has 132 valence electrons. The minimum absolute atomic E-state index is 0.118. The van der Waals surface area contributed by atoms with Gasteiger partial charge in [-0.25, -0.2) is 9.79 Å². The van der Waals surface area contributed by atoms with Crippen LogP contribution < -0.4 is 11.1 Å². The number of nitrogens with one attached hydrogen (secondary N) is 1. The Kier molecular flexibility index (Phi) is 4.57. The van der Waals surface area contributed by atoms with Crippen molar-refractivity contribution >= 4 is 40.0 Å². The van der Waals surface area contributed by atoms with Crippen molar-refractivity contribution in [2.45, 2.75) is 44.9 Å². The Labute approximate surface area is 150 Å². The molecule has 1 aromatic rings. The molecule has 0 unspecified atom stereocenters. The van der Waals surface area contributed by atoms with Gasteiger partial charge in [0.1, 0.15) is 11.1 Å². The molecule has 6 nitrogen and oxygen atoms in total. The van der Waals surface area contributed by atoms with Crippen LogP contribution in [0, 0.1) is 5.92 Å². The third-order valence-corrected chi connectivity index (χ3v) is 6.21. The second-order valence-electron chi connectivity index (χ2n) is 7.15. The van der Waals surface area contributed by atoms with E-state index < -0.39 is 17.2 Å². The molecule has 3 rings (SSSR count). The zero-order chi connectivity index (χ0) is 17.5. The second kappa shape index (κ2) is 6.24. The number of carbonyl (C=O) groups excluding carboxylic acids is 1. The normalized spacial score (nSPS) is 29.8. The molecule has 0 radical (unpaired) electrons. The van der Waals surface area contributed by atoms with Gasteiger partial charge < -0.3 is 15.2 Å². The van der Waals surface area contributed by atoms with Gasteiger partial charge in [-0.05, 0) is 33.8 Å². The molecule has 1 aromatic heterocycles. The highest BCUT2D eigenvalue weighted by atomic mass is 32.2. The van der Waals surface area contributed by atoms with Crippen molar-refractivity contribution in [1.29, 1.82) is 0 Å². The van der Waals surface area contributed by atoms with Crippen LogP contribution in [-0.2, 0) is 15.0 Å². The van der Waals surface area contributed by atoms with Crippen molar-refractivity contribution in [2.75, 3.05) is 18.1 Å². The number of fused-ring (bicyclic) bond motifs is 1. The number of rotatable bonds is 1. The smallest absolute Gasteiger partial charge is 0.413 e. The number of hydrogen-bond donors (Lipinski definition) is 2. The van der Waals surface area contributed by atoms with E-state index in [2.05, 4.69) is 12.2 Å². The number of nitrogen functional groups attached to an aromatic ring is 1. The summed E-state index contributed by atoms with van der Waals surface area (Å²) in [6, 6.07) is 1.96. The molecule has 24 heavy (non-hydrogen) atoms. The summed E-state index contributed by atoms with van der Waals surface area (Å²) in [4.78, 5) is 18.0. The molecule has 0 saturated carbocycles. The molecule has 8 heteroatoms. The predicted molar refractivity (Wildman–Crippen MR) is 98.6 cm³/mol. The Hall–Kier alpha value is -1.25. The Morgan fingerprint density at radius 2 is 2.29 bits per heavy atom. The second-order valence-corrected chi connectivity index (χ2v) is 9.07. The minimum Gasteiger partial charge on any atom is -0.444 e. The van der Waals surface area contributed by atoms with Gasteiger partial charge in [-0.3, -0.25) is 5.32 Å². The molecule has 0 spiro atoms. The molecule has 3 atom stereocenters. The first kappa shape index (κ1) is 17.6. The molecule has 3 heterocycles. The van der Waals surface area contributed by atoms with Crippen molar-refractivity contribution in [1.82, 2.24) is 5.32 Å². The summed E-state index contributed by atoms with van der Waals surface area (Å²) in [6.45, 7) is 8.08. The highest BCUT2D eigenvalue weighted by Gasteiger charge is 2.52. The van der Waals surface area contributed by atoms with Crippen LogP contribution in [0.15, 0.2) is 16.4 Å². The van der Waals surface area contributed by atoms with Crippen molar-refractivity contribution in [2.24, 2.45) is 10.9 Å². The van der Waals surface area contributed by atoms with E-state index in [0.717, 1.165) is 16.3 Å². The minimum atomic E-state index is -0.544. The maximum Gasteiger partial charge on any atom is 0.413 e. The zero-order valence-electron chi connectivity index (χ0n) is 14.3. The molecule has 1 fully saturated rings. The molecule has 1 saturated heterocycles. The molecule has 3 N–H and O–H groups in total. The fourth-order valence-electron chi connectivity index (χ4n) is 2.98. The maximum atomic E-state index is 12.1. The van der Waals surface area contributed by atoms with Crippen LogP contribution in [0.3, 0.4) is 0 Å². The third kappa shape index (κ3) is 3.41. The third-order valence-electron chi connectivity index (χ3n) is 4.10. The van der Waals surface area contributed by atoms with Gasteiger partial charge in [0.05, 0.1) is 12.7 Å². The van der Waals surface area contributed by atoms with Gasteiger partial charge in [-0.1, -0.05) is 11.8 Å². The summed E-state index contributed by atoms with van der Waals surface area (Å²) >= 11 is 3.12. The largest absolute Gasteiger partial charge is 0.444 e. The molecular formula is C16H23N3O3S2. The van der Waals surface area contributed by atoms with E-state index in [1.807, 2.05) is 32.2 Å². The van der Waals surface area contributed by atoms with Crippen molar-refractivity contribution in [3.05, 3.63) is 16.3 Å². The lowest BCUT2D eigenvalue weighted by molar-refractivity contribution is 0.0564. The van der Waals surface area contributed by atoms with Crippen molar-refractivity contribution in [3.8, 4) is 0 Å². The Morgan fingerprint density at radius 1 is 1.54 bits per heavy atom. The lowest BCUT2D eigenvalue weighted by Crippen LogP contribution is -2.44. The van der Waals surface area contributed by atoms with Gasteiger partial charge in [0.25, 0.3) is 0 Å². The van der Waals surface area contributed by atoms with Crippen LogP contribution in [0.1, 0.15) is 32.6 Å². The van der Waals surface area contributed by atoms with Gasteiger partial charge in [0.2, 0.25) is 0 Å². The number of carbonyl (C=O) groups is 1. The first-order valence-electron chi connectivity index (χ1n) is 7.88. The summed E-state index contributed by atoms with van der Waals surface area (Å²) < 4.78 is 11.2. The van der Waals surface area contributed by atoms with Crippen LogP contribution in [0.5, 0.6) is 0 Å². The highest BCUT2D eigenvalue weighted by Crippen LogP contribution is 2.49. The highest BCUT2D eigenvalue weighted by molar-refractivity contribution is 8.13. The fourth-order valence-corrected chi connectivity index (χ4v) is 5.24. The summed E-state index contributed by atoms with van der Waals surface area (Å²) in [5.74, 6) is 1.08. The number of amides is 1. The standard InChI is InChI=1S/C16H23N3O3S2/c1-9-11-7-24-13(18-14(20)22-15(2,3)4)19-16(11,8-21-9)12-5-10(17)6-23-12/h5-6,9,11H,7-8,17H2,1-4H3,(H,18,19,20)/t9-,11-,16+/m1/s1. The summed E-state index contributed by atoms with van der Waals surface area (Å²) in [7, 11) is 0. The molecule has 2 aliphatic rings. The SMILES string of the molecule is C[C@H]1OC[C@]2(c3cc(N)cs3)N=C(NC(=O)OC(C)(C)C)SC[C@H]12. The number of alkyl carbamates (subject to hydrolysis) is 1. The van der Waals surface area contributed by atoms with E-state index >= 15 is 0 Å². The average Bonchev–Trinajstić information content (AvgIpc) is 3.02. The van der Waals surface area contributed by atoms with Crippen LogP contribution in [-0.4, -0.2) is 35.3 Å². The molecule has 0 aromatic carbocycles. The predicted octanol–water partition coefficient (Wildman–Crippen LogP) is 3.19. The number of nitrogens with zero attached hydrogens (tertiary/aromatic N) is 1. The van der Waals surface area contributed by atoms with Gasteiger partial charge >= 0.3 is 6.09 Å². The maximum absolute atomic E-state index is 12.1. The number of nitrogens with two attached hydrogens (primary N) is 1. The van der Waals surface area contributed by atoms with Crippen LogP contribution in [0.2, 0.25) is 0 Å². The molecule has 2 aliphatic heterocycles. The van der Waals surface area contributed by atoms with Gasteiger partial charge in [0, 0.05) is 27.6 Å². The Bertz CT molecular complexity index is 668. The number of amidine groups is 1. The van der Waals surface area contributed by atoms with E-state index in [9.17, 15) is 4.79 Å². The lowest BCUT2D eigenvalue weighted by Gasteiger charge is -2.34. The van der Waals surface area contributed by atoms with Crippen LogP contribution in [0.25, 0.3) is 0 Å². The van der Waals surface area contributed by atoms with Crippen LogP contribution in [0.4, 0.5) is 10.5 Å². The van der Waals surface area contributed by atoms with Crippen molar-refractivity contribution in [3.63, 3.8) is 0 Å². The summed E-state index contributed by atoms with van der Waals surface area (Å²) in [6.07, 6.45) is -0.368. The number of thiophene rings is 1. The van der Waals surface area contributed by atoms with Gasteiger partial charge in [0.15, 0.2) is 5.17 Å². The summed E-state index contributed by atoms with van der Waals surface area (Å²) in [5, 5.41) is 5.27. The monoisotopic (exact) mass is 369 g/mol. The molecule has 1 amide bonds. The fraction of sp³-hybridized carbons (Fsp3) is 0.625. The number of ether oxygens (including phenoxy) is 2. The summed E-state index contributed by atoms with van der Waals surface area (Å²) in [5.41, 5.74) is 5.63. The topological polar surface area (TPSA) is 85.9 Å². The lowest BCUT2D eigenvalue weighted by atomic mass is 9.84. The first-order valence-corrected chi connectivity index (χ1v) is 9.75. The number of anilines is 1. The Morgan fingerprint density at radius 3 is 2.92 bits per heavy atom. The number of hydrogen-bond acceptors (Lipinski definition) is 7. The van der Waals surface area contributed by atoms with E-state index in [1.165, 1.54) is 11.8 Å².